The quantitative estimate of drug-likeness (QED) is 0.653. The number of hydrogen-bond donors (Lipinski definition) is 3. The van der Waals surface area contributed by atoms with E-state index >= 15 is 0 Å². The second kappa shape index (κ2) is 5.74. The van der Waals surface area contributed by atoms with Gasteiger partial charge in [0.2, 0.25) is 0 Å². The van der Waals surface area contributed by atoms with Gasteiger partial charge in [-0.1, -0.05) is 6.07 Å². The van der Waals surface area contributed by atoms with Crippen molar-refractivity contribution in [3.8, 4) is 11.4 Å². The summed E-state index contributed by atoms with van der Waals surface area (Å²) in [5.74, 6) is -0.232. The van der Waals surface area contributed by atoms with Gasteiger partial charge in [-0.25, -0.2) is 4.98 Å². The average Bonchev–Trinajstić information content (AvgIpc) is 2.88. The highest BCUT2D eigenvalue weighted by atomic mass is 16.5. The van der Waals surface area contributed by atoms with Gasteiger partial charge in [0.1, 0.15) is 17.2 Å². The molecule has 2 aromatic heterocycles. The van der Waals surface area contributed by atoms with Gasteiger partial charge in [-0.2, -0.15) is 0 Å². The van der Waals surface area contributed by atoms with Gasteiger partial charge in [-0.15, -0.1) is 0 Å². The molecule has 0 radical (unpaired) electrons. The van der Waals surface area contributed by atoms with Gasteiger partial charge < -0.3 is 21.3 Å². The number of nitrogens with two attached hydrogens (primary N) is 2. The van der Waals surface area contributed by atoms with Crippen LogP contribution in [-0.2, 0) is 17.8 Å². The van der Waals surface area contributed by atoms with E-state index in [1.807, 2.05) is 13.0 Å². The van der Waals surface area contributed by atoms with Crippen molar-refractivity contribution in [3.63, 3.8) is 0 Å². The number of nitrogens with zero attached hydrogens (tertiary/aromatic N) is 2. The topological polar surface area (TPSA) is 116 Å². The Morgan fingerprint density at radius 3 is 2.85 bits per heavy atom. The number of aromatic hydroxyl groups is 1. The molecule has 5 N–H and O–H groups in total. The van der Waals surface area contributed by atoms with Crippen molar-refractivity contribution in [1.29, 1.82) is 0 Å². The highest BCUT2D eigenvalue weighted by Gasteiger charge is 2.25. The lowest BCUT2D eigenvalue weighted by Gasteiger charge is -2.18. The van der Waals surface area contributed by atoms with Crippen LogP contribution in [0.1, 0.15) is 32.7 Å². The molecule has 0 saturated carbocycles. The van der Waals surface area contributed by atoms with Crippen molar-refractivity contribution in [1.82, 2.24) is 9.55 Å². The number of carbonyl (C=O) groups is 1. The molecule has 1 amide bonds. The predicted octanol–water partition coefficient (Wildman–Crippen LogP) is 2.10. The number of nitrogen functional groups attached to an aromatic ring is 1. The number of fused-ring (bicyclic) bond motifs is 2. The van der Waals surface area contributed by atoms with E-state index in [9.17, 15) is 9.90 Å². The molecule has 1 aliphatic rings. The molecule has 0 atom stereocenters. The maximum absolute atomic E-state index is 12.1. The second-order valence-electron chi connectivity index (χ2n) is 6.60. The predicted molar refractivity (Wildman–Crippen MR) is 98.5 cm³/mol. The van der Waals surface area contributed by atoms with E-state index in [1.165, 1.54) is 0 Å². The first-order chi connectivity index (χ1) is 12.4. The first kappa shape index (κ1) is 16.4. The number of ether oxygens (including phenoxy) is 1. The van der Waals surface area contributed by atoms with Gasteiger partial charge in [0.15, 0.2) is 0 Å². The number of benzene rings is 1. The van der Waals surface area contributed by atoms with Crippen molar-refractivity contribution >= 4 is 22.8 Å². The number of anilines is 1. The minimum absolute atomic E-state index is 0.147. The van der Waals surface area contributed by atoms with Crippen molar-refractivity contribution in [3.05, 3.63) is 46.1 Å². The molecule has 3 aromatic rings. The molecule has 0 spiro atoms. The molecular weight excluding hydrogens is 332 g/mol. The third-order valence-corrected chi connectivity index (χ3v) is 4.98. The van der Waals surface area contributed by atoms with Gasteiger partial charge in [-0.3, -0.25) is 9.36 Å². The van der Waals surface area contributed by atoms with E-state index in [0.717, 1.165) is 23.2 Å². The Balaban J connectivity index is 2.15. The number of pyridine rings is 1. The number of primary amides is 1. The lowest BCUT2D eigenvalue weighted by atomic mass is 10.1. The van der Waals surface area contributed by atoms with E-state index in [-0.39, 0.29) is 17.1 Å². The number of phenols is 1. The van der Waals surface area contributed by atoms with Gasteiger partial charge in [-0.05, 0) is 43.5 Å². The zero-order valence-corrected chi connectivity index (χ0v) is 14.7. The van der Waals surface area contributed by atoms with E-state index in [1.54, 1.807) is 23.6 Å². The largest absolute Gasteiger partial charge is 0.508 e. The van der Waals surface area contributed by atoms with E-state index in [2.05, 4.69) is 0 Å². The monoisotopic (exact) mass is 352 g/mol. The van der Waals surface area contributed by atoms with Crippen LogP contribution in [0.2, 0.25) is 0 Å². The molecule has 1 aliphatic heterocycles. The Labute approximate surface area is 150 Å². The second-order valence-corrected chi connectivity index (χ2v) is 6.60. The SMILES string of the molecule is Cc1ccc(O)c(C)c1-n1c(N)c(C(N)=O)c2cc3c(nc21)COCC3. The van der Waals surface area contributed by atoms with Gasteiger partial charge in [0.25, 0.3) is 5.91 Å². The summed E-state index contributed by atoms with van der Waals surface area (Å²) in [7, 11) is 0. The van der Waals surface area contributed by atoms with Crippen LogP contribution in [0.4, 0.5) is 5.82 Å². The Morgan fingerprint density at radius 2 is 2.12 bits per heavy atom. The van der Waals surface area contributed by atoms with Crippen LogP contribution in [0.3, 0.4) is 0 Å². The van der Waals surface area contributed by atoms with Crippen molar-refractivity contribution in [2.24, 2.45) is 5.73 Å². The molecule has 0 saturated heterocycles. The zero-order chi connectivity index (χ0) is 18.6. The average molecular weight is 352 g/mol. The molecule has 4 rings (SSSR count). The fourth-order valence-corrected chi connectivity index (χ4v) is 3.65. The van der Waals surface area contributed by atoms with Gasteiger partial charge in [0, 0.05) is 10.9 Å². The fraction of sp³-hybridized carbons (Fsp3) is 0.263. The van der Waals surface area contributed by atoms with Crippen LogP contribution in [0.25, 0.3) is 16.7 Å². The highest BCUT2D eigenvalue weighted by Crippen LogP contribution is 2.36. The first-order valence-electron chi connectivity index (χ1n) is 8.40. The zero-order valence-electron chi connectivity index (χ0n) is 14.7. The Bertz CT molecular complexity index is 1070. The minimum Gasteiger partial charge on any atom is -0.508 e. The van der Waals surface area contributed by atoms with Crippen LogP contribution in [-0.4, -0.2) is 27.2 Å². The molecule has 7 heteroatoms. The number of hydrogen-bond acceptors (Lipinski definition) is 5. The van der Waals surface area contributed by atoms with Crippen LogP contribution < -0.4 is 11.5 Å². The third kappa shape index (κ3) is 2.24. The molecule has 7 nitrogen and oxygen atoms in total. The minimum atomic E-state index is -0.601. The highest BCUT2D eigenvalue weighted by molar-refractivity contribution is 6.11. The first-order valence-corrected chi connectivity index (χ1v) is 8.40. The standard InChI is InChI=1S/C19H20N4O3/c1-9-3-4-14(24)10(2)16(9)23-17(20)15(18(21)25)12-7-11-5-6-26-8-13(11)22-19(12)23/h3-4,7,24H,5-6,8,20H2,1-2H3,(H2,21,25). The summed E-state index contributed by atoms with van der Waals surface area (Å²) in [5.41, 5.74) is 16.9. The molecule has 0 bridgehead atoms. The van der Waals surface area contributed by atoms with Crippen LogP contribution in [0.15, 0.2) is 18.2 Å². The van der Waals surface area contributed by atoms with E-state index in [0.29, 0.717) is 35.5 Å². The normalized spacial score (nSPS) is 13.8. The summed E-state index contributed by atoms with van der Waals surface area (Å²) in [6, 6.07) is 5.36. The molecule has 0 unspecified atom stereocenters. The summed E-state index contributed by atoms with van der Waals surface area (Å²) in [6.45, 7) is 4.75. The third-order valence-electron chi connectivity index (χ3n) is 4.98. The summed E-state index contributed by atoms with van der Waals surface area (Å²) < 4.78 is 7.21. The van der Waals surface area contributed by atoms with Crippen LogP contribution in [0.5, 0.6) is 5.75 Å². The maximum atomic E-state index is 12.1. The summed E-state index contributed by atoms with van der Waals surface area (Å²) in [4.78, 5) is 16.8. The van der Waals surface area contributed by atoms with E-state index < -0.39 is 5.91 Å². The summed E-state index contributed by atoms with van der Waals surface area (Å²) >= 11 is 0. The molecule has 0 fully saturated rings. The number of amides is 1. The number of aryl methyl sites for hydroxylation is 1. The number of carbonyl (C=O) groups excluding carboxylic acids is 1. The maximum Gasteiger partial charge on any atom is 0.253 e. The number of rotatable bonds is 2. The lowest BCUT2D eigenvalue weighted by molar-refractivity contribution is 0.100. The molecular formula is C19H20N4O3. The van der Waals surface area contributed by atoms with Crippen molar-refractivity contribution in [2.75, 3.05) is 12.3 Å². The Morgan fingerprint density at radius 1 is 1.35 bits per heavy atom. The van der Waals surface area contributed by atoms with Crippen molar-refractivity contribution in [2.45, 2.75) is 26.9 Å². The Hall–Kier alpha value is -3.06. The van der Waals surface area contributed by atoms with Crippen molar-refractivity contribution < 1.29 is 14.6 Å². The lowest BCUT2D eigenvalue weighted by Crippen LogP contribution is -2.14. The number of aromatic nitrogens is 2. The molecule has 0 aliphatic carbocycles. The Kier molecular flexibility index (Phi) is 3.62. The number of phenolic OH excluding ortho intramolecular Hbond substituents is 1. The fourth-order valence-electron chi connectivity index (χ4n) is 3.65. The molecule has 26 heavy (non-hydrogen) atoms. The molecule has 1 aromatic carbocycles. The van der Waals surface area contributed by atoms with Gasteiger partial charge >= 0.3 is 0 Å². The van der Waals surface area contributed by atoms with Gasteiger partial charge in [0.05, 0.1) is 30.2 Å². The molecule has 3 heterocycles. The van der Waals surface area contributed by atoms with Crippen LogP contribution >= 0.6 is 0 Å². The van der Waals surface area contributed by atoms with E-state index in [4.69, 9.17) is 21.2 Å². The van der Waals surface area contributed by atoms with Crippen LogP contribution in [0, 0.1) is 13.8 Å². The summed E-state index contributed by atoms with van der Waals surface area (Å²) in [6.07, 6.45) is 0.728. The molecule has 134 valence electrons. The smallest absolute Gasteiger partial charge is 0.253 e. The summed E-state index contributed by atoms with van der Waals surface area (Å²) in [5, 5.41) is 10.8.